The highest BCUT2D eigenvalue weighted by Crippen LogP contribution is 2.38. The third-order valence-corrected chi connectivity index (χ3v) is 5.28. The lowest BCUT2D eigenvalue weighted by Crippen LogP contribution is -1.93. The van der Waals surface area contributed by atoms with Crippen molar-refractivity contribution in [3.05, 3.63) is 81.7 Å². The number of imidazole rings is 1. The summed E-state index contributed by atoms with van der Waals surface area (Å²) in [6.07, 6.45) is 0. The summed E-state index contributed by atoms with van der Waals surface area (Å²) in [5, 5.41) is 0. The largest absolute Gasteiger partial charge is 0.397 e. The number of H-pyrrole nitrogens is 1. The number of nitrogen functional groups attached to an aromatic ring is 1. The van der Waals surface area contributed by atoms with Gasteiger partial charge in [0, 0.05) is 25.6 Å². The summed E-state index contributed by atoms with van der Waals surface area (Å²) in [4.78, 5) is 8.37. The molecule has 0 unspecified atom stereocenters. The summed E-state index contributed by atoms with van der Waals surface area (Å²) in [5.74, 6) is 0.738. The van der Waals surface area contributed by atoms with E-state index < -0.39 is 0 Å². The zero-order chi connectivity index (χ0) is 18.1. The van der Waals surface area contributed by atoms with Crippen LogP contribution in [0.25, 0.3) is 33.9 Å². The van der Waals surface area contributed by atoms with Gasteiger partial charge in [-0.3, -0.25) is 0 Å². The van der Waals surface area contributed by atoms with E-state index in [9.17, 15) is 0 Å². The molecule has 1 aromatic heterocycles. The highest BCUT2D eigenvalue weighted by atomic mass is 79.9. The van der Waals surface area contributed by atoms with Crippen LogP contribution in [0.15, 0.2) is 81.7 Å². The average Bonchev–Trinajstić information content (AvgIpc) is 3.11. The molecule has 5 heteroatoms. The molecule has 4 rings (SSSR count). The van der Waals surface area contributed by atoms with Crippen LogP contribution in [0.4, 0.5) is 5.69 Å². The molecule has 0 radical (unpaired) electrons. The Bertz CT molecular complexity index is 1000. The smallest absolute Gasteiger partial charge is 0.140 e. The summed E-state index contributed by atoms with van der Waals surface area (Å²) < 4.78 is 1.77. The molecule has 128 valence electrons. The fourth-order valence-electron chi connectivity index (χ4n) is 2.90. The van der Waals surface area contributed by atoms with Gasteiger partial charge in [0.25, 0.3) is 0 Å². The number of rotatable bonds is 3. The second kappa shape index (κ2) is 7.09. The number of nitrogens with zero attached hydrogens (tertiary/aromatic N) is 1. The van der Waals surface area contributed by atoms with Crippen molar-refractivity contribution in [1.82, 2.24) is 9.97 Å². The van der Waals surface area contributed by atoms with Gasteiger partial charge in [-0.15, -0.1) is 0 Å². The Morgan fingerprint density at radius 1 is 0.808 bits per heavy atom. The molecule has 0 fully saturated rings. The quantitative estimate of drug-likeness (QED) is 0.336. The van der Waals surface area contributed by atoms with Gasteiger partial charge in [-0.1, -0.05) is 76.6 Å². The number of nitrogens with one attached hydrogen (secondary N) is 1. The van der Waals surface area contributed by atoms with Gasteiger partial charge in [0.15, 0.2) is 0 Å². The van der Waals surface area contributed by atoms with Gasteiger partial charge >= 0.3 is 0 Å². The van der Waals surface area contributed by atoms with Crippen molar-refractivity contribution >= 4 is 37.5 Å². The minimum absolute atomic E-state index is 0.654. The summed E-state index contributed by atoms with van der Waals surface area (Å²) in [5.41, 5.74) is 11.8. The Balaban J connectivity index is 1.96. The van der Waals surface area contributed by atoms with Crippen LogP contribution in [0.3, 0.4) is 0 Å². The van der Waals surface area contributed by atoms with Crippen molar-refractivity contribution in [3.63, 3.8) is 0 Å². The topological polar surface area (TPSA) is 54.7 Å². The predicted molar refractivity (Wildman–Crippen MR) is 115 cm³/mol. The molecular formula is C21H15Br2N3. The van der Waals surface area contributed by atoms with Gasteiger partial charge < -0.3 is 10.7 Å². The first-order valence-electron chi connectivity index (χ1n) is 8.09. The number of halogens is 2. The first-order chi connectivity index (χ1) is 12.6. The van der Waals surface area contributed by atoms with Crippen LogP contribution in [-0.2, 0) is 0 Å². The molecule has 3 N–H and O–H groups in total. The van der Waals surface area contributed by atoms with Gasteiger partial charge in [-0.25, -0.2) is 4.98 Å². The van der Waals surface area contributed by atoms with Gasteiger partial charge in [0.2, 0.25) is 0 Å². The number of nitrogens with two attached hydrogens (primary N) is 1. The molecule has 0 bridgehead atoms. The van der Waals surface area contributed by atoms with Gasteiger partial charge in [0.05, 0.1) is 17.1 Å². The summed E-state index contributed by atoms with van der Waals surface area (Å²) in [7, 11) is 0. The highest BCUT2D eigenvalue weighted by Gasteiger charge is 2.17. The van der Waals surface area contributed by atoms with E-state index in [1.807, 2.05) is 48.5 Å². The van der Waals surface area contributed by atoms with Crippen LogP contribution in [0.2, 0.25) is 0 Å². The minimum atomic E-state index is 0.654. The first kappa shape index (κ1) is 17.1. The molecule has 3 aromatic carbocycles. The standard InChI is InChI=1S/C21H15Br2N3/c22-15-11-16(18(24)17(23)12-15)21-25-19(13-7-3-1-4-8-13)20(26-21)14-9-5-2-6-10-14/h1-12H,24H2,(H,25,26). The highest BCUT2D eigenvalue weighted by molar-refractivity contribution is 9.11. The summed E-state index contributed by atoms with van der Waals surface area (Å²) in [6.45, 7) is 0. The predicted octanol–water partition coefficient (Wildman–Crippen LogP) is 6.52. The Morgan fingerprint density at radius 3 is 2.08 bits per heavy atom. The Kier molecular flexibility index (Phi) is 4.66. The molecule has 0 saturated carbocycles. The van der Waals surface area contributed by atoms with E-state index in [1.54, 1.807) is 0 Å². The van der Waals surface area contributed by atoms with Crippen molar-refractivity contribution in [1.29, 1.82) is 0 Å². The Hall–Kier alpha value is -2.37. The number of hydrogen-bond donors (Lipinski definition) is 2. The maximum Gasteiger partial charge on any atom is 0.140 e. The zero-order valence-electron chi connectivity index (χ0n) is 13.7. The van der Waals surface area contributed by atoms with Crippen molar-refractivity contribution in [2.24, 2.45) is 0 Å². The van der Waals surface area contributed by atoms with Gasteiger partial charge in [-0.2, -0.15) is 0 Å². The molecule has 1 heterocycles. The second-order valence-corrected chi connectivity index (χ2v) is 7.66. The molecule has 0 aliphatic rings. The van der Waals surface area contributed by atoms with Crippen molar-refractivity contribution in [2.75, 3.05) is 5.73 Å². The first-order valence-corrected chi connectivity index (χ1v) is 9.68. The van der Waals surface area contributed by atoms with Crippen molar-refractivity contribution < 1.29 is 0 Å². The lowest BCUT2D eigenvalue weighted by atomic mass is 10.1. The molecule has 0 spiro atoms. The second-order valence-electron chi connectivity index (χ2n) is 5.89. The van der Waals surface area contributed by atoms with Crippen LogP contribution in [0.1, 0.15) is 0 Å². The zero-order valence-corrected chi connectivity index (χ0v) is 16.9. The van der Waals surface area contributed by atoms with Crippen LogP contribution < -0.4 is 5.73 Å². The normalized spacial score (nSPS) is 10.8. The van der Waals surface area contributed by atoms with Crippen molar-refractivity contribution in [2.45, 2.75) is 0 Å². The number of benzene rings is 3. The van der Waals surface area contributed by atoms with Crippen LogP contribution in [0, 0.1) is 0 Å². The molecule has 0 saturated heterocycles. The van der Waals surface area contributed by atoms with E-state index in [0.29, 0.717) is 5.69 Å². The molecule has 4 aromatic rings. The molecule has 3 nitrogen and oxygen atoms in total. The monoisotopic (exact) mass is 467 g/mol. The summed E-state index contributed by atoms with van der Waals surface area (Å²) in [6, 6.07) is 24.3. The maximum absolute atomic E-state index is 6.29. The lowest BCUT2D eigenvalue weighted by molar-refractivity contribution is 1.31. The van der Waals surface area contributed by atoms with Crippen LogP contribution in [-0.4, -0.2) is 9.97 Å². The summed E-state index contributed by atoms with van der Waals surface area (Å²) >= 11 is 7.05. The fourth-order valence-corrected chi connectivity index (χ4v) is 4.13. The van der Waals surface area contributed by atoms with Gasteiger partial charge in [-0.05, 0) is 28.1 Å². The molecule has 0 atom stereocenters. The number of anilines is 1. The van der Waals surface area contributed by atoms with Gasteiger partial charge in [0.1, 0.15) is 5.82 Å². The maximum atomic E-state index is 6.29. The van der Waals surface area contributed by atoms with E-state index >= 15 is 0 Å². The molecule has 26 heavy (non-hydrogen) atoms. The van der Waals surface area contributed by atoms with Crippen LogP contribution in [0.5, 0.6) is 0 Å². The van der Waals surface area contributed by atoms with E-state index in [0.717, 1.165) is 42.8 Å². The SMILES string of the molecule is Nc1c(Br)cc(Br)cc1-c1nc(-c2ccccc2)c(-c2ccccc2)[nH]1. The van der Waals surface area contributed by atoms with Crippen LogP contribution >= 0.6 is 31.9 Å². The number of hydrogen-bond acceptors (Lipinski definition) is 2. The van der Waals surface area contributed by atoms with E-state index in [1.165, 1.54) is 0 Å². The average molecular weight is 469 g/mol. The number of aromatic amines is 1. The molecule has 0 aliphatic carbocycles. The van der Waals surface area contributed by atoms with E-state index in [2.05, 4.69) is 61.1 Å². The van der Waals surface area contributed by atoms with E-state index in [4.69, 9.17) is 10.7 Å². The Labute approximate surface area is 168 Å². The fraction of sp³-hybridized carbons (Fsp3) is 0. The molecular weight excluding hydrogens is 454 g/mol. The lowest BCUT2D eigenvalue weighted by Gasteiger charge is -2.06. The minimum Gasteiger partial charge on any atom is -0.397 e. The third kappa shape index (κ3) is 3.20. The Morgan fingerprint density at radius 2 is 1.42 bits per heavy atom. The van der Waals surface area contributed by atoms with E-state index in [-0.39, 0.29) is 0 Å². The molecule has 0 aliphatic heterocycles. The third-order valence-electron chi connectivity index (χ3n) is 4.16. The number of aromatic nitrogens is 2. The molecule has 0 amide bonds. The van der Waals surface area contributed by atoms with Crippen molar-refractivity contribution in [3.8, 4) is 33.9 Å².